The molecule has 0 saturated carbocycles. The van der Waals surface area contributed by atoms with Gasteiger partial charge in [-0.25, -0.2) is 4.79 Å². The maximum Gasteiger partial charge on any atom is 0.404 e. The van der Waals surface area contributed by atoms with Crippen molar-refractivity contribution in [2.24, 2.45) is 0 Å². The highest BCUT2D eigenvalue weighted by Gasteiger charge is 2.08. The van der Waals surface area contributed by atoms with Crippen LogP contribution in [0, 0.1) is 0 Å². The summed E-state index contributed by atoms with van der Waals surface area (Å²) in [6, 6.07) is 8.24. The number of amides is 1. The summed E-state index contributed by atoms with van der Waals surface area (Å²) in [6.07, 6.45) is 0.900. The van der Waals surface area contributed by atoms with Crippen molar-refractivity contribution in [1.82, 2.24) is 5.32 Å². The Morgan fingerprint density at radius 1 is 1.44 bits per heavy atom. The lowest BCUT2D eigenvalue weighted by Crippen LogP contribution is -2.23. The van der Waals surface area contributed by atoms with E-state index < -0.39 is 6.09 Å². The van der Waals surface area contributed by atoms with Gasteiger partial charge in [0.25, 0.3) is 0 Å². The van der Waals surface area contributed by atoms with Gasteiger partial charge in [-0.15, -0.1) is 0 Å². The fraction of sp³-hybridized carbons (Fsp3) is 0.462. The predicted molar refractivity (Wildman–Crippen MR) is 64.9 cm³/mol. The molecule has 3 nitrogen and oxygen atoms in total. The summed E-state index contributed by atoms with van der Waals surface area (Å²) >= 11 is 0. The van der Waals surface area contributed by atoms with Gasteiger partial charge in [-0.3, -0.25) is 0 Å². The molecule has 0 heterocycles. The molecule has 1 amide bonds. The van der Waals surface area contributed by atoms with Gasteiger partial charge >= 0.3 is 6.09 Å². The van der Waals surface area contributed by atoms with Crippen LogP contribution in [0.5, 0.6) is 0 Å². The van der Waals surface area contributed by atoms with Crippen LogP contribution in [0.15, 0.2) is 24.3 Å². The van der Waals surface area contributed by atoms with Crippen molar-refractivity contribution in [1.29, 1.82) is 0 Å². The van der Waals surface area contributed by atoms with E-state index in [1.807, 2.05) is 12.1 Å². The van der Waals surface area contributed by atoms with Gasteiger partial charge in [-0.2, -0.15) is 0 Å². The summed E-state index contributed by atoms with van der Waals surface area (Å²) in [5.41, 5.74) is 2.57. The minimum atomic E-state index is -0.957. The zero-order valence-corrected chi connectivity index (χ0v) is 9.86. The van der Waals surface area contributed by atoms with Crippen LogP contribution in [0.3, 0.4) is 0 Å². The van der Waals surface area contributed by atoms with Crippen LogP contribution in [0.4, 0.5) is 4.79 Å². The van der Waals surface area contributed by atoms with Crippen molar-refractivity contribution in [2.75, 3.05) is 6.54 Å². The molecule has 0 aliphatic rings. The van der Waals surface area contributed by atoms with E-state index in [1.54, 1.807) is 0 Å². The summed E-state index contributed by atoms with van der Waals surface area (Å²) in [4.78, 5) is 10.4. The Labute approximate surface area is 96.5 Å². The molecule has 0 bridgehead atoms. The molecule has 0 saturated heterocycles. The van der Waals surface area contributed by atoms with E-state index in [4.69, 9.17) is 5.11 Å². The summed E-state index contributed by atoms with van der Waals surface area (Å²) in [5.74, 6) is 0.529. The van der Waals surface area contributed by atoms with E-state index in [0.29, 0.717) is 12.5 Å². The molecule has 0 aromatic heterocycles. The van der Waals surface area contributed by atoms with E-state index in [1.165, 1.54) is 11.1 Å². The van der Waals surface area contributed by atoms with Crippen LogP contribution in [0.25, 0.3) is 0 Å². The number of hydrogen-bond donors (Lipinski definition) is 2. The lowest BCUT2D eigenvalue weighted by molar-refractivity contribution is 0.194. The Kier molecular flexibility index (Phi) is 4.83. The van der Waals surface area contributed by atoms with E-state index in [-0.39, 0.29) is 0 Å². The van der Waals surface area contributed by atoms with Crippen LogP contribution in [-0.4, -0.2) is 17.7 Å². The van der Waals surface area contributed by atoms with E-state index in [9.17, 15) is 4.79 Å². The van der Waals surface area contributed by atoms with E-state index in [0.717, 1.165) is 12.8 Å². The summed E-state index contributed by atoms with van der Waals surface area (Å²) in [5, 5.41) is 10.9. The average Bonchev–Trinajstić information content (AvgIpc) is 2.28. The van der Waals surface area contributed by atoms with Crippen molar-refractivity contribution >= 4 is 6.09 Å². The second-order valence-corrected chi connectivity index (χ2v) is 3.99. The second kappa shape index (κ2) is 6.16. The molecule has 1 aromatic carbocycles. The quantitative estimate of drug-likeness (QED) is 0.803. The van der Waals surface area contributed by atoms with Crippen LogP contribution in [0.2, 0.25) is 0 Å². The van der Waals surface area contributed by atoms with Gasteiger partial charge in [-0.05, 0) is 29.9 Å². The molecule has 88 valence electrons. The molecular formula is C13H19NO2. The first kappa shape index (κ1) is 12.6. The largest absolute Gasteiger partial charge is 0.465 e. The Morgan fingerprint density at radius 3 is 2.75 bits per heavy atom. The van der Waals surface area contributed by atoms with Gasteiger partial charge in [0.05, 0.1) is 0 Å². The maximum absolute atomic E-state index is 10.4. The topological polar surface area (TPSA) is 49.3 Å². The number of carbonyl (C=O) groups is 1. The normalized spacial score (nSPS) is 12.1. The number of hydrogen-bond acceptors (Lipinski definition) is 1. The number of rotatable bonds is 5. The Hall–Kier alpha value is -1.51. The first-order chi connectivity index (χ1) is 7.65. The third-order valence-electron chi connectivity index (χ3n) is 2.87. The van der Waals surface area contributed by atoms with Crippen molar-refractivity contribution in [2.45, 2.75) is 32.6 Å². The van der Waals surface area contributed by atoms with Crippen molar-refractivity contribution in [3.05, 3.63) is 35.4 Å². The summed E-state index contributed by atoms with van der Waals surface area (Å²) in [6.45, 7) is 4.84. The molecule has 0 spiro atoms. The minimum Gasteiger partial charge on any atom is -0.465 e. The smallest absolute Gasteiger partial charge is 0.404 e. The SMILES string of the molecule is CCC(C)c1ccccc1CCNC(=O)O. The predicted octanol–water partition coefficient (Wildman–Crippen LogP) is 3.01. The van der Waals surface area contributed by atoms with Crippen LogP contribution in [0.1, 0.15) is 37.3 Å². The van der Waals surface area contributed by atoms with E-state index in [2.05, 4.69) is 31.3 Å². The molecule has 0 aliphatic carbocycles. The van der Waals surface area contributed by atoms with Crippen molar-refractivity contribution < 1.29 is 9.90 Å². The van der Waals surface area contributed by atoms with Crippen LogP contribution in [-0.2, 0) is 6.42 Å². The third kappa shape index (κ3) is 3.57. The molecule has 1 aromatic rings. The zero-order chi connectivity index (χ0) is 12.0. The highest BCUT2D eigenvalue weighted by molar-refractivity contribution is 5.64. The minimum absolute atomic E-state index is 0.475. The second-order valence-electron chi connectivity index (χ2n) is 3.99. The van der Waals surface area contributed by atoms with Gasteiger partial charge in [0, 0.05) is 6.54 Å². The number of carboxylic acid groups (broad SMARTS) is 1. The molecular weight excluding hydrogens is 202 g/mol. The fourth-order valence-electron chi connectivity index (χ4n) is 1.77. The molecule has 1 unspecified atom stereocenters. The lowest BCUT2D eigenvalue weighted by atomic mass is 9.92. The fourth-order valence-corrected chi connectivity index (χ4v) is 1.77. The van der Waals surface area contributed by atoms with Gasteiger partial charge in [0.15, 0.2) is 0 Å². The summed E-state index contributed by atoms with van der Waals surface area (Å²) < 4.78 is 0. The van der Waals surface area contributed by atoms with Gasteiger partial charge < -0.3 is 10.4 Å². The monoisotopic (exact) mass is 221 g/mol. The Balaban J connectivity index is 2.67. The molecule has 1 atom stereocenters. The van der Waals surface area contributed by atoms with E-state index >= 15 is 0 Å². The number of benzene rings is 1. The highest BCUT2D eigenvalue weighted by atomic mass is 16.4. The first-order valence-corrected chi connectivity index (χ1v) is 5.69. The van der Waals surface area contributed by atoms with Crippen molar-refractivity contribution in [3.63, 3.8) is 0 Å². The number of nitrogens with one attached hydrogen (secondary N) is 1. The summed E-state index contributed by atoms with van der Waals surface area (Å²) in [7, 11) is 0. The molecule has 0 aliphatic heterocycles. The Morgan fingerprint density at radius 2 is 2.12 bits per heavy atom. The molecule has 3 heteroatoms. The highest BCUT2D eigenvalue weighted by Crippen LogP contribution is 2.22. The molecule has 16 heavy (non-hydrogen) atoms. The Bertz CT molecular complexity index is 350. The molecule has 0 radical (unpaired) electrons. The van der Waals surface area contributed by atoms with Gasteiger partial charge in [0.2, 0.25) is 0 Å². The van der Waals surface area contributed by atoms with Crippen LogP contribution < -0.4 is 5.32 Å². The zero-order valence-electron chi connectivity index (χ0n) is 9.86. The average molecular weight is 221 g/mol. The molecule has 0 fully saturated rings. The standard InChI is InChI=1S/C13H19NO2/c1-3-10(2)12-7-5-4-6-11(12)8-9-14-13(15)16/h4-7,10,14H,3,8-9H2,1-2H3,(H,15,16). The van der Waals surface area contributed by atoms with Gasteiger partial charge in [0.1, 0.15) is 0 Å². The third-order valence-corrected chi connectivity index (χ3v) is 2.87. The van der Waals surface area contributed by atoms with Crippen LogP contribution >= 0.6 is 0 Å². The first-order valence-electron chi connectivity index (χ1n) is 5.69. The lowest BCUT2D eigenvalue weighted by Gasteiger charge is -2.14. The maximum atomic E-state index is 10.4. The molecule has 2 N–H and O–H groups in total. The molecule has 1 rings (SSSR count). The van der Waals surface area contributed by atoms with Gasteiger partial charge in [-0.1, -0.05) is 38.1 Å². The van der Waals surface area contributed by atoms with Crippen molar-refractivity contribution in [3.8, 4) is 0 Å².